The van der Waals surface area contributed by atoms with Gasteiger partial charge in [-0.3, -0.25) is 0 Å². The molecule has 3 aromatic heterocycles. The molecule has 228 valence electrons. The van der Waals surface area contributed by atoms with Gasteiger partial charge in [-0.15, -0.1) is 0 Å². The Labute approximate surface area is 260 Å². The molecule has 0 aliphatic heterocycles. The Morgan fingerprint density at radius 1 is 0.891 bits per heavy atom. The normalized spacial score (nSPS) is 10.9. The van der Waals surface area contributed by atoms with Crippen molar-refractivity contribution in [2.75, 3.05) is 7.11 Å². The highest BCUT2D eigenvalue weighted by molar-refractivity contribution is 5.93. The average molecular weight is 621 g/mol. The van der Waals surface area contributed by atoms with Gasteiger partial charge in [0.1, 0.15) is 35.7 Å². The molecule has 0 saturated heterocycles. The van der Waals surface area contributed by atoms with Crippen LogP contribution in [-0.4, -0.2) is 37.6 Å². The van der Waals surface area contributed by atoms with E-state index in [1.165, 1.54) is 31.4 Å². The first kappa shape index (κ1) is 30.0. The van der Waals surface area contributed by atoms with E-state index in [-0.39, 0.29) is 53.4 Å². The SMILES string of the molecule is COC(=O)c1ccc2nc(Cc3cc(F)c(-c4cccc(OCc5ccc(C#N)cc5F)n4)cc3F)n(Cc3ncccn3)c2c1. The van der Waals surface area contributed by atoms with Crippen molar-refractivity contribution in [2.24, 2.45) is 0 Å². The number of hydrogen-bond acceptors (Lipinski definition) is 8. The van der Waals surface area contributed by atoms with Crippen LogP contribution in [0.4, 0.5) is 13.2 Å². The summed E-state index contributed by atoms with van der Waals surface area (Å²) in [6, 6.07) is 19.1. The van der Waals surface area contributed by atoms with Crippen molar-refractivity contribution in [2.45, 2.75) is 19.6 Å². The smallest absolute Gasteiger partial charge is 0.337 e. The molecule has 6 rings (SSSR count). The number of methoxy groups -OCH3 is 1. The van der Waals surface area contributed by atoms with Gasteiger partial charge in [0, 0.05) is 36.0 Å². The quantitative estimate of drug-likeness (QED) is 0.176. The van der Waals surface area contributed by atoms with E-state index in [4.69, 9.17) is 14.7 Å². The molecule has 6 aromatic rings. The third-order valence-electron chi connectivity index (χ3n) is 7.21. The van der Waals surface area contributed by atoms with Crippen molar-refractivity contribution in [1.29, 1.82) is 5.26 Å². The van der Waals surface area contributed by atoms with Crippen molar-refractivity contribution in [3.05, 3.63) is 137 Å². The number of fused-ring (bicyclic) bond motifs is 1. The standard InChI is InChI=1S/C34H23F3N6O3/c1-45-34(44)21-8-9-29-30(14-21)43(18-31-39-10-3-11-40-31)32(41-29)15-23-13-27(37)24(16-26(23)36)28-4-2-5-33(42-28)46-19-22-7-6-20(17-38)12-25(22)35/h2-14,16H,15,18-19H2,1H3. The molecular formula is C34H23F3N6O3. The van der Waals surface area contributed by atoms with Crippen molar-refractivity contribution < 1.29 is 27.4 Å². The first-order chi connectivity index (χ1) is 22.3. The highest BCUT2D eigenvalue weighted by Crippen LogP contribution is 2.28. The summed E-state index contributed by atoms with van der Waals surface area (Å²) in [5.74, 6) is -1.60. The van der Waals surface area contributed by atoms with Gasteiger partial charge in [0.15, 0.2) is 0 Å². The summed E-state index contributed by atoms with van der Waals surface area (Å²) in [6.45, 7) is -0.0114. The molecule has 3 heterocycles. The number of aromatic nitrogens is 5. The molecule has 0 fully saturated rings. The van der Waals surface area contributed by atoms with Crippen LogP contribution in [0, 0.1) is 28.8 Å². The van der Waals surface area contributed by atoms with E-state index in [1.807, 2.05) is 6.07 Å². The highest BCUT2D eigenvalue weighted by atomic mass is 19.1. The summed E-state index contributed by atoms with van der Waals surface area (Å²) in [7, 11) is 1.28. The van der Waals surface area contributed by atoms with E-state index < -0.39 is 23.4 Å². The minimum absolute atomic E-state index is 0.0451. The van der Waals surface area contributed by atoms with Gasteiger partial charge in [-0.05, 0) is 60.2 Å². The number of carbonyl (C=O) groups is 1. The summed E-state index contributed by atoms with van der Waals surface area (Å²) in [6.07, 6.45) is 3.10. The molecule has 0 unspecified atom stereocenters. The van der Waals surface area contributed by atoms with Crippen LogP contribution >= 0.6 is 0 Å². The monoisotopic (exact) mass is 620 g/mol. The summed E-state index contributed by atoms with van der Waals surface area (Å²) in [5, 5.41) is 8.92. The Morgan fingerprint density at radius 2 is 1.70 bits per heavy atom. The maximum atomic E-state index is 15.6. The number of halogens is 3. The van der Waals surface area contributed by atoms with E-state index in [0.29, 0.717) is 28.2 Å². The number of hydrogen-bond donors (Lipinski definition) is 0. The Morgan fingerprint density at radius 3 is 2.46 bits per heavy atom. The van der Waals surface area contributed by atoms with Crippen molar-refractivity contribution in [3.8, 4) is 23.2 Å². The van der Waals surface area contributed by atoms with Gasteiger partial charge >= 0.3 is 5.97 Å². The first-order valence-electron chi connectivity index (χ1n) is 13.9. The molecule has 0 bridgehead atoms. The van der Waals surface area contributed by atoms with E-state index in [0.717, 1.165) is 18.2 Å². The van der Waals surface area contributed by atoms with Gasteiger partial charge < -0.3 is 14.0 Å². The van der Waals surface area contributed by atoms with Crippen LogP contribution in [0.5, 0.6) is 5.88 Å². The summed E-state index contributed by atoms with van der Waals surface area (Å²) in [4.78, 5) is 29.7. The molecule has 0 amide bonds. The molecular weight excluding hydrogens is 597 g/mol. The fraction of sp³-hybridized carbons (Fsp3) is 0.118. The third kappa shape index (κ3) is 6.25. The lowest BCUT2D eigenvalue weighted by Crippen LogP contribution is -2.10. The molecule has 46 heavy (non-hydrogen) atoms. The van der Waals surface area contributed by atoms with Crippen LogP contribution in [0.15, 0.2) is 85.2 Å². The first-order valence-corrected chi connectivity index (χ1v) is 13.9. The molecule has 9 nitrogen and oxygen atoms in total. The zero-order valence-electron chi connectivity index (χ0n) is 24.2. The number of rotatable bonds is 9. The Bertz CT molecular complexity index is 2130. The number of esters is 1. The Hall–Kier alpha value is -6.09. The molecule has 12 heteroatoms. The Balaban J connectivity index is 1.29. The number of pyridine rings is 1. The van der Waals surface area contributed by atoms with Gasteiger partial charge in [0.25, 0.3) is 0 Å². The molecule has 0 atom stereocenters. The number of imidazole rings is 1. The van der Waals surface area contributed by atoms with Crippen LogP contribution in [0.25, 0.3) is 22.3 Å². The molecule has 0 radical (unpaired) electrons. The van der Waals surface area contributed by atoms with E-state index in [9.17, 15) is 9.18 Å². The van der Waals surface area contributed by atoms with Crippen molar-refractivity contribution in [3.63, 3.8) is 0 Å². The fourth-order valence-electron chi connectivity index (χ4n) is 4.90. The van der Waals surface area contributed by atoms with E-state index >= 15 is 8.78 Å². The number of nitrogens with zero attached hydrogens (tertiary/aromatic N) is 6. The zero-order chi connectivity index (χ0) is 32.2. The summed E-state index contributed by atoms with van der Waals surface area (Å²) < 4.78 is 57.6. The van der Waals surface area contributed by atoms with Crippen LogP contribution in [0.2, 0.25) is 0 Å². The van der Waals surface area contributed by atoms with Crippen molar-refractivity contribution in [1.82, 2.24) is 24.5 Å². The second kappa shape index (κ2) is 12.9. The van der Waals surface area contributed by atoms with Gasteiger partial charge in [-0.1, -0.05) is 12.1 Å². The largest absolute Gasteiger partial charge is 0.473 e. The molecule has 0 aliphatic carbocycles. The third-order valence-corrected chi connectivity index (χ3v) is 7.21. The molecule has 3 aromatic carbocycles. The van der Waals surface area contributed by atoms with Crippen LogP contribution < -0.4 is 4.74 Å². The number of nitriles is 1. The van der Waals surface area contributed by atoms with Gasteiger partial charge in [0.2, 0.25) is 5.88 Å². The highest BCUT2D eigenvalue weighted by Gasteiger charge is 2.19. The Kier molecular flexibility index (Phi) is 8.38. The minimum Gasteiger partial charge on any atom is -0.473 e. The average Bonchev–Trinajstić information content (AvgIpc) is 3.41. The van der Waals surface area contributed by atoms with Gasteiger partial charge in [-0.2, -0.15) is 5.26 Å². The number of ether oxygens (including phenoxy) is 2. The number of benzene rings is 3. The van der Waals surface area contributed by atoms with E-state index in [2.05, 4.69) is 19.9 Å². The maximum absolute atomic E-state index is 15.6. The van der Waals surface area contributed by atoms with Crippen LogP contribution in [0.3, 0.4) is 0 Å². The second-order valence-corrected chi connectivity index (χ2v) is 10.1. The van der Waals surface area contributed by atoms with E-state index in [1.54, 1.807) is 47.3 Å². The number of carbonyl (C=O) groups excluding carboxylic acids is 1. The predicted octanol–water partition coefficient (Wildman–Crippen LogP) is 6.18. The predicted molar refractivity (Wildman–Crippen MR) is 160 cm³/mol. The lowest BCUT2D eigenvalue weighted by Gasteiger charge is -2.12. The maximum Gasteiger partial charge on any atom is 0.337 e. The molecule has 0 saturated carbocycles. The second-order valence-electron chi connectivity index (χ2n) is 10.1. The molecule has 0 aliphatic rings. The van der Waals surface area contributed by atoms with Crippen molar-refractivity contribution >= 4 is 17.0 Å². The zero-order valence-corrected chi connectivity index (χ0v) is 24.2. The summed E-state index contributed by atoms with van der Waals surface area (Å²) >= 11 is 0. The van der Waals surface area contributed by atoms with Crippen LogP contribution in [0.1, 0.15) is 38.7 Å². The van der Waals surface area contributed by atoms with Crippen LogP contribution in [-0.2, 0) is 24.3 Å². The van der Waals surface area contributed by atoms with Gasteiger partial charge in [0.05, 0.1) is 47.6 Å². The lowest BCUT2D eigenvalue weighted by atomic mass is 10.0. The fourth-order valence-corrected chi connectivity index (χ4v) is 4.90. The van der Waals surface area contributed by atoms with Gasteiger partial charge in [-0.25, -0.2) is 37.9 Å². The summed E-state index contributed by atoms with van der Waals surface area (Å²) in [5.41, 5.74) is 1.87. The lowest BCUT2D eigenvalue weighted by molar-refractivity contribution is 0.0601. The molecule has 0 spiro atoms. The topological polar surface area (TPSA) is 116 Å². The minimum atomic E-state index is -0.721. The molecule has 0 N–H and O–H groups in total.